The number of nitro benzene ring substituents is 1. The molecule has 0 saturated heterocycles. The highest BCUT2D eigenvalue weighted by Gasteiger charge is 2.19. The van der Waals surface area contributed by atoms with Gasteiger partial charge in [0.15, 0.2) is 5.82 Å². The highest BCUT2D eigenvalue weighted by Crippen LogP contribution is 2.32. The second-order valence-corrected chi connectivity index (χ2v) is 3.80. The summed E-state index contributed by atoms with van der Waals surface area (Å²) < 4.78 is 4.93. The average molecular weight is 263 g/mol. The van der Waals surface area contributed by atoms with Crippen LogP contribution in [0.3, 0.4) is 0 Å². The van der Waals surface area contributed by atoms with Gasteiger partial charge in [0.05, 0.1) is 11.5 Å². The van der Waals surface area contributed by atoms with Gasteiger partial charge in [0, 0.05) is 7.05 Å². The Morgan fingerprint density at radius 2 is 2.16 bits per heavy atom. The molecule has 0 saturated carbocycles. The van der Waals surface area contributed by atoms with Gasteiger partial charge in [0.1, 0.15) is 11.4 Å². The Hall–Kier alpha value is -2.64. The quantitative estimate of drug-likeness (QED) is 0.627. The van der Waals surface area contributed by atoms with Crippen LogP contribution in [0.25, 0.3) is 0 Å². The molecule has 0 spiro atoms. The van der Waals surface area contributed by atoms with Crippen molar-refractivity contribution in [3.63, 3.8) is 0 Å². The molecule has 2 N–H and O–H groups in total. The number of hydrogen-bond donors (Lipinski definition) is 2. The fourth-order valence-corrected chi connectivity index (χ4v) is 1.67. The van der Waals surface area contributed by atoms with Crippen molar-refractivity contribution in [1.82, 2.24) is 10.1 Å². The number of para-hydroxylation sites is 1. The van der Waals surface area contributed by atoms with Crippen LogP contribution < -0.4 is 10.6 Å². The van der Waals surface area contributed by atoms with Gasteiger partial charge in [-0.3, -0.25) is 10.1 Å². The van der Waals surface area contributed by atoms with Gasteiger partial charge in [0.25, 0.3) is 0 Å². The van der Waals surface area contributed by atoms with E-state index < -0.39 is 4.92 Å². The summed E-state index contributed by atoms with van der Waals surface area (Å²) in [4.78, 5) is 14.7. The largest absolute Gasteiger partial charge is 0.382 e. The molecule has 8 nitrogen and oxygen atoms in total. The van der Waals surface area contributed by atoms with Crippen molar-refractivity contribution in [1.29, 1.82) is 0 Å². The Morgan fingerprint density at radius 1 is 1.42 bits per heavy atom. The number of nitrogens with one attached hydrogen (secondary N) is 2. The van der Waals surface area contributed by atoms with Gasteiger partial charge < -0.3 is 15.2 Å². The Morgan fingerprint density at radius 3 is 2.74 bits per heavy atom. The first kappa shape index (κ1) is 12.8. The Balaban J connectivity index is 2.22. The Kier molecular flexibility index (Phi) is 3.60. The van der Waals surface area contributed by atoms with Gasteiger partial charge in [-0.2, -0.15) is 4.98 Å². The maximum atomic E-state index is 11.1. The second-order valence-electron chi connectivity index (χ2n) is 3.80. The van der Waals surface area contributed by atoms with Crippen LogP contribution >= 0.6 is 0 Å². The van der Waals surface area contributed by atoms with Crippen molar-refractivity contribution in [2.24, 2.45) is 0 Å². The van der Waals surface area contributed by atoms with E-state index in [0.29, 0.717) is 23.1 Å². The van der Waals surface area contributed by atoms with Gasteiger partial charge in [-0.1, -0.05) is 11.2 Å². The summed E-state index contributed by atoms with van der Waals surface area (Å²) in [6.07, 6.45) is 0. The number of aryl methyl sites for hydroxylation is 1. The Labute approximate surface area is 109 Å². The SMILES string of the molecule is CNc1cccc(NCc2nc(C)no2)c1[N+](=O)[O-]. The summed E-state index contributed by atoms with van der Waals surface area (Å²) in [7, 11) is 1.63. The molecule has 0 fully saturated rings. The van der Waals surface area contributed by atoms with Crippen LogP contribution in [0.1, 0.15) is 11.7 Å². The third kappa shape index (κ3) is 2.79. The number of aromatic nitrogens is 2. The molecule has 1 aromatic heterocycles. The first-order valence-corrected chi connectivity index (χ1v) is 5.60. The number of anilines is 2. The minimum Gasteiger partial charge on any atom is -0.382 e. The average Bonchev–Trinajstić information content (AvgIpc) is 2.81. The fraction of sp³-hybridized carbons (Fsp3) is 0.273. The molecule has 0 aliphatic heterocycles. The van der Waals surface area contributed by atoms with Crippen molar-refractivity contribution in [3.05, 3.63) is 40.0 Å². The molecule has 2 rings (SSSR count). The third-order valence-corrected chi connectivity index (χ3v) is 2.49. The van der Waals surface area contributed by atoms with Crippen LogP contribution in [0.5, 0.6) is 0 Å². The molecule has 1 aromatic carbocycles. The second kappa shape index (κ2) is 5.34. The zero-order valence-electron chi connectivity index (χ0n) is 10.5. The van der Waals surface area contributed by atoms with Crippen molar-refractivity contribution < 1.29 is 9.45 Å². The van der Waals surface area contributed by atoms with Crippen molar-refractivity contribution in [2.75, 3.05) is 17.7 Å². The van der Waals surface area contributed by atoms with Crippen molar-refractivity contribution >= 4 is 17.1 Å². The molecule has 0 bridgehead atoms. The maximum absolute atomic E-state index is 11.1. The fourth-order valence-electron chi connectivity index (χ4n) is 1.67. The van der Waals surface area contributed by atoms with Crippen LogP contribution in [0, 0.1) is 17.0 Å². The molecular weight excluding hydrogens is 250 g/mol. The number of nitrogens with zero attached hydrogens (tertiary/aromatic N) is 3. The highest BCUT2D eigenvalue weighted by molar-refractivity contribution is 5.75. The molecule has 0 atom stereocenters. The molecule has 19 heavy (non-hydrogen) atoms. The lowest BCUT2D eigenvalue weighted by Gasteiger charge is -2.08. The first-order chi connectivity index (χ1) is 9.11. The molecule has 0 aliphatic carbocycles. The monoisotopic (exact) mass is 263 g/mol. The van der Waals surface area contributed by atoms with Gasteiger partial charge in [0.2, 0.25) is 5.89 Å². The molecule has 0 unspecified atom stereocenters. The molecule has 0 radical (unpaired) electrons. The molecule has 2 aromatic rings. The van der Waals surface area contributed by atoms with E-state index in [0.717, 1.165) is 0 Å². The van der Waals surface area contributed by atoms with E-state index in [2.05, 4.69) is 20.8 Å². The predicted molar refractivity (Wildman–Crippen MR) is 69.0 cm³/mol. The number of benzene rings is 1. The van der Waals surface area contributed by atoms with Gasteiger partial charge in [-0.25, -0.2) is 0 Å². The summed E-state index contributed by atoms with van der Waals surface area (Å²) in [6, 6.07) is 4.99. The van der Waals surface area contributed by atoms with E-state index in [-0.39, 0.29) is 12.2 Å². The summed E-state index contributed by atoms with van der Waals surface area (Å²) in [6.45, 7) is 1.94. The van der Waals surface area contributed by atoms with Crippen molar-refractivity contribution in [3.8, 4) is 0 Å². The zero-order valence-corrected chi connectivity index (χ0v) is 10.5. The topological polar surface area (TPSA) is 106 Å². The van der Waals surface area contributed by atoms with Crippen LogP contribution in [-0.4, -0.2) is 22.1 Å². The number of nitro groups is 1. The zero-order chi connectivity index (χ0) is 13.8. The summed E-state index contributed by atoms with van der Waals surface area (Å²) in [5.74, 6) is 0.900. The van der Waals surface area contributed by atoms with Crippen LogP contribution in [0.15, 0.2) is 22.7 Å². The lowest BCUT2D eigenvalue weighted by Crippen LogP contribution is -2.05. The lowest BCUT2D eigenvalue weighted by molar-refractivity contribution is -0.383. The normalized spacial score (nSPS) is 10.2. The van der Waals surface area contributed by atoms with Gasteiger partial charge in [-0.05, 0) is 19.1 Å². The maximum Gasteiger partial charge on any atom is 0.315 e. The first-order valence-electron chi connectivity index (χ1n) is 5.60. The van der Waals surface area contributed by atoms with E-state index in [1.165, 1.54) is 0 Å². The predicted octanol–water partition coefficient (Wildman–Crippen LogP) is 1.94. The standard InChI is InChI=1S/C11H13N5O3/c1-7-14-10(19-15-7)6-13-9-5-3-4-8(12-2)11(9)16(17)18/h3-5,12-13H,6H2,1-2H3. The molecule has 0 aliphatic rings. The van der Waals surface area contributed by atoms with Crippen LogP contribution in [-0.2, 0) is 6.54 Å². The van der Waals surface area contributed by atoms with E-state index >= 15 is 0 Å². The lowest BCUT2D eigenvalue weighted by atomic mass is 10.2. The van der Waals surface area contributed by atoms with Crippen LogP contribution in [0.2, 0.25) is 0 Å². The summed E-state index contributed by atoms with van der Waals surface area (Å²) >= 11 is 0. The summed E-state index contributed by atoms with van der Waals surface area (Å²) in [5.41, 5.74) is 0.825. The van der Waals surface area contributed by atoms with E-state index in [1.807, 2.05) is 0 Å². The van der Waals surface area contributed by atoms with Gasteiger partial charge >= 0.3 is 5.69 Å². The minimum absolute atomic E-state index is 0.0127. The number of rotatable bonds is 5. The van der Waals surface area contributed by atoms with E-state index in [4.69, 9.17) is 4.52 Å². The molecule has 100 valence electrons. The number of hydrogen-bond acceptors (Lipinski definition) is 7. The van der Waals surface area contributed by atoms with E-state index in [9.17, 15) is 10.1 Å². The van der Waals surface area contributed by atoms with E-state index in [1.54, 1.807) is 32.2 Å². The Bertz CT molecular complexity index is 596. The smallest absolute Gasteiger partial charge is 0.315 e. The third-order valence-electron chi connectivity index (χ3n) is 2.49. The van der Waals surface area contributed by atoms with Gasteiger partial charge in [-0.15, -0.1) is 0 Å². The summed E-state index contributed by atoms with van der Waals surface area (Å²) in [5, 5.41) is 20.4. The molecular formula is C11H13N5O3. The molecule has 1 heterocycles. The highest BCUT2D eigenvalue weighted by atomic mass is 16.6. The minimum atomic E-state index is -0.437. The van der Waals surface area contributed by atoms with Crippen LogP contribution in [0.4, 0.5) is 17.1 Å². The molecule has 0 amide bonds. The van der Waals surface area contributed by atoms with Crippen molar-refractivity contribution in [2.45, 2.75) is 13.5 Å². The molecule has 8 heteroatoms.